The molecule has 0 bridgehead atoms. The van der Waals surface area contributed by atoms with Gasteiger partial charge in [-0.15, -0.1) is 0 Å². The van der Waals surface area contributed by atoms with Crippen LogP contribution < -0.4 is 0 Å². The Labute approximate surface area is 426 Å². The van der Waals surface area contributed by atoms with E-state index in [0.717, 1.165) is 80.6 Å². The third kappa shape index (κ3) is 19.0. The van der Waals surface area contributed by atoms with Crippen molar-refractivity contribution in [3.05, 3.63) is 12.2 Å². The van der Waals surface area contributed by atoms with E-state index in [1.54, 1.807) is 7.11 Å². The van der Waals surface area contributed by atoms with Crippen LogP contribution in [0.4, 0.5) is 0 Å². The molecule has 5 heteroatoms. The lowest BCUT2D eigenvalue weighted by molar-refractivity contribution is -0.129. The molecule has 8 rings (SSSR count). The molecule has 0 spiro atoms. The molecule has 8 aliphatic rings. The van der Waals surface area contributed by atoms with E-state index in [1.807, 2.05) is 0 Å². The van der Waals surface area contributed by atoms with Crippen molar-refractivity contribution in [2.75, 3.05) is 13.7 Å². The second-order valence-corrected chi connectivity index (χ2v) is 26.0. The summed E-state index contributed by atoms with van der Waals surface area (Å²) in [6.45, 7) is 20.6. The SMILES string of the molecule is C=C(C)C1CCC(C2CCC(C)CC2)C(=O)C1.CCC1CCC(C2CCC(C)CC2)C(=O)C1.CCCCCC1CCC(C2CCC(C)CC2=O)CC1.COCC1CCC(C2CCC(C)CC2=O)CC1. The van der Waals surface area contributed by atoms with Gasteiger partial charge in [-0.25, -0.2) is 0 Å². The van der Waals surface area contributed by atoms with Crippen molar-refractivity contribution in [2.45, 2.75) is 260 Å². The van der Waals surface area contributed by atoms with Gasteiger partial charge in [0, 0.05) is 63.1 Å². The Balaban J connectivity index is 0.000000172. The van der Waals surface area contributed by atoms with Crippen molar-refractivity contribution in [2.24, 2.45) is 94.7 Å². The number of ketones is 4. The third-order valence-corrected chi connectivity index (χ3v) is 20.4. The van der Waals surface area contributed by atoms with Gasteiger partial charge in [0.25, 0.3) is 0 Å². The first-order valence-corrected chi connectivity index (χ1v) is 30.4. The Morgan fingerprint density at radius 3 is 1.17 bits per heavy atom. The van der Waals surface area contributed by atoms with Crippen LogP contribution in [0.1, 0.15) is 260 Å². The van der Waals surface area contributed by atoms with Crippen LogP contribution in [0.15, 0.2) is 12.2 Å². The summed E-state index contributed by atoms with van der Waals surface area (Å²) in [5.74, 6) is 12.7. The van der Waals surface area contributed by atoms with Gasteiger partial charge in [0.05, 0.1) is 0 Å². The van der Waals surface area contributed by atoms with E-state index in [9.17, 15) is 19.2 Å². The average Bonchev–Trinajstić information content (AvgIpc) is 3.34. The molecule has 0 saturated heterocycles. The summed E-state index contributed by atoms with van der Waals surface area (Å²) >= 11 is 0. The summed E-state index contributed by atoms with van der Waals surface area (Å²) in [7, 11) is 1.79. The molecule has 0 N–H and O–H groups in total. The highest BCUT2D eigenvalue weighted by Crippen LogP contribution is 2.44. The minimum atomic E-state index is 0.387. The minimum absolute atomic E-state index is 0.387. The lowest BCUT2D eigenvalue weighted by Gasteiger charge is -2.36. The molecule has 0 radical (unpaired) electrons. The van der Waals surface area contributed by atoms with Crippen LogP contribution in [0.25, 0.3) is 0 Å². The number of Topliss-reactive ketones (excluding diaryl/α,β-unsaturated/α-hetero) is 4. The molecular formula is C64H110O5. The quantitative estimate of drug-likeness (QED) is 0.144. The molecule has 8 unspecified atom stereocenters. The molecule has 396 valence electrons. The second-order valence-electron chi connectivity index (χ2n) is 26.0. The number of carbonyl (C=O) groups is 4. The number of methoxy groups -OCH3 is 1. The molecule has 8 atom stereocenters. The monoisotopic (exact) mass is 959 g/mol. The van der Waals surface area contributed by atoms with Gasteiger partial charge in [-0.05, 0) is 194 Å². The van der Waals surface area contributed by atoms with Crippen LogP contribution in [0, 0.1) is 94.7 Å². The Bertz CT molecular complexity index is 1520. The van der Waals surface area contributed by atoms with E-state index in [-0.39, 0.29) is 0 Å². The topological polar surface area (TPSA) is 77.5 Å². The fraction of sp³-hybridized carbons (Fsp3) is 0.906. The summed E-state index contributed by atoms with van der Waals surface area (Å²) in [6, 6.07) is 0. The van der Waals surface area contributed by atoms with E-state index in [4.69, 9.17) is 4.74 Å². The van der Waals surface area contributed by atoms with Crippen molar-refractivity contribution < 1.29 is 23.9 Å². The maximum absolute atomic E-state index is 12.2. The smallest absolute Gasteiger partial charge is 0.136 e. The molecule has 0 amide bonds. The van der Waals surface area contributed by atoms with Gasteiger partial charge in [0.2, 0.25) is 0 Å². The lowest BCUT2D eigenvalue weighted by Crippen LogP contribution is -2.32. The second kappa shape index (κ2) is 30.5. The first-order valence-electron chi connectivity index (χ1n) is 30.4. The predicted molar refractivity (Wildman–Crippen MR) is 289 cm³/mol. The summed E-state index contributed by atoms with van der Waals surface area (Å²) in [4.78, 5) is 48.7. The van der Waals surface area contributed by atoms with Crippen molar-refractivity contribution in [3.8, 4) is 0 Å². The zero-order valence-electron chi connectivity index (χ0n) is 46.5. The van der Waals surface area contributed by atoms with Crippen molar-refractivity contribution in [1.29, 1.82) is 0 Å². The van der Waals surface area contributed by atoms with E-state index < -0.39 is 0 Å². The zero-order valence-corrected chi connectivity index (χ0v) is 46.5. The molecule has 0 aromatic carbocycles. The van der Waals surface area contributed by atoms with Gasteiger partial charge >= 0.3 is 0 Å². The Hall–Kier alpha value is -1.62. The molecule has 5 nitrogen and oxygen atoms in total. The first kappa shape index (κ1) is 58.3. The van der Waals surface area contributed by atoms with Crippen molar-refractivity contribution in [1.82, 2.24) is 0 Å². The summed E-state index contributed by atoms with van der Waals surface area (Å²) < 4.78 is 5.23. The molecule has 69 heavy (non-hydrogen) atoms. The molecule has 0 aromatic heterocycles. The fourth-order valence-corrected chi connectivity index (χ4v) is 15.3. The number of unbranched alkanes of at least 4 members (excludes halogenated alkanes) is 2. The largest absolute Gasteiger partial charge is 0.384 e. The number of hydrogen-bond donors (Lipinski definition) is 0. The van der Waals surface area contributed by atoms with E-state index in [0.29, 0.717) is 82.3 Å². The Kier molecular flexibility index (Phi) is 25.8. The highest BCUT2D eigenvalue weighted by atomic mass is 16.5. The van der Waals surface area contributed by atoms with E-state index in [1.165, 1.54) is 179 Å². The molecule has 0 aromatic rings. The zero-order chi connectivity index (χ0) is 49.9. The fourth-order valence-electron chi connectivity index (χ4n) is 15.3. The number of allylic oxidation sites excluding steroid dienone is 1. The first-order chi connectivity index (χ1) is 33.2. The van der Waals surface area contributed by atoms with Gasteiger partial charge in [-0.3, -0.25) is 19.2 Å². The van der Waals surface area contributed by atoms with Gasteiger partial charge in [-0.2, -0.15) is 0 Å². The molecule has 0 aliphatic heterocycles. The Morgan fingerprint density at radius 1 is 0.435 bits per heavy atom. The highest BCUT2D eigenvalue weighted by Gasteiger charge is 2.39. The standard InChI is InChI=1S/C18H32O.C16H26O.C15H26O2.C15H26O/c1-3-4-5-6-15-8-10-16(11-9-15)17-12-7-14(2)13-18(17)19;1-11(2)14-8-9-15(16(17)10-14)13-6-4-12(3)5-7-13;1-11-3-8-14(15(16)9-11)13-6-4-12(5-7-13)10-17-2;1-3-12-6-9-14(15(16)10-12)13-7-4-11(2)5-8-13/h14-17H,3-13H2,1-2H3;12-15H,1,4-10H2,2-3H3;11-14H,3-10H2,1-2H3;11-14H,3-10H2,1-2H3. The maximum atomic E-state index is 12.2. The molecule has 0 heterocycles. The number of rotatable bonds is 12. The van der Waals surface area contributed by atoms with E-state index in [2.05, 4.69) is 55.0 Å². The summed E-state index contributed by atoms with van der Waals surface area (Å²) in [5.41, 5.74) is 1.20. The maximum Gasteiger partial charge on any atom is 0.136 e. The van der Waals surface area contributed by atoms with Crippen LogP contribution in [-0.2, 0) is 23.9 Å². The summed E-state index contributed by atoms with van der Waals surface area (Å²) in [6.07, 6.45) is 40.9. The molecule has 8 aliphatic carbocycles. The summed E-state index contributed by atoms with van der Waals surface area (Å²) in [5, 5.41) is 0. The van der Waals surface area contributed by atoms with E-state index >= 15 is 0 Å². The van der Waals surface area contributed by atoms with Gasteiger partial charge in [0.15, 0.2) is 0 Å². The predicted octanol–water partition coefficient (Wildman–Crippen LogP) is 17.4. The van der Waals surface area contributed by atoms with Crippen LogP contribution in [-0.4, -0.2) is 36.8 Å². The van der Waals surface area contributed by atoms with Crippen LogP contribution in [0.2, 0.25) is 0 Å². The Morgan fingerprint density at radius 2 is 0.797 bits per heavy atom. The third-order valence-electron chi connectivity index (χ3n) is 20.4. The minimum Gasteiger partial charge on any atom is -0.384 e. The number of ether oxygens (including phenoxy) is 1. The normalized spacial score (nSPS) is 38.8. The number of hydrogen-bond acceptors (Lipinski definition) is 5. The van der Waals surface area contributed by atoms with Crippen LogP contribution >= 0.6 is 0 Å². The van der Waals surface area contributed by atoms with Crippen LogP contribution in [0.5, 0.6) is 0 Å². The molecular weight excluding hydrogens is 849 g/mol. The van der Waals surface area contributed by atoms with Gasteiger partial charge in [0.1, 0.15) is 23.1 Å². The molecule has 8 fully saturated rings. The lowest BCUT2D eigenvalue weighted by atomic mass is 9.68. The van der Waals surface area contributed by atoms with Gasteiger partial charge < -0.3 is 4.74 Å². The van der Waals surface area contributed by atoms with Crippen molar-refractivity contribution in [3.63, 3.8) is 0 Å². The molecule has 8 saturated carbocycles. The van der Waals surface area contributed by atoms with Crippen LogP contribution in [0.3, 0.4) is 0 Å². The van der Waals surface area contributed by atoms with Crippen molar-refractivity contribution >= 4 is 23.1 Å². The highest BCUT2D eigenvalue weighted by molar-refractivity contribution is 5.83. The average molecular weight is 960 g/mol. The van der Waals surface area contributed by atoms with Gasteiger partial charge in [-0.1, -0.05) is 124 Å². The number of carbonyl (C=O) groups excluding carboxylic acids is 4.